The lowest BCUT2D eigenvalue weighted by atomic mass is 10.0. The van der Waals surface area contributed by atoms with E-state index in [4.69, 9.17) is 4.74 Å². The van der Waals surface area contributed by atoms with Crippen molar-refractivity contribution in [3.8, 4) is 5.75 Å². The van der Waals surface area contributed by atoms with E-state index < -0.39 is 6.10 Å². The summed E-state index contributed by atoms with van der Waals surface area (Å²) in [5, 5.41) is 10.2. The van der Waals surface area contributed by atoms with Crippen LogP contribution in [0.3, 0.4) is 0 Å². The fourth-order valence-electron chi connectivity index (χ4n) is 3.31. The van der Waals surface area contributed by atoms with Crippen molar-refractivity contribution in [1.29, 1.82) is 0 Å². The van der Waals surface area contributed by atoms with E-state index in [9.17, 15) is 9.90 Å². The van der Waals surface area contributed by atoms with Gasteiger partial charge in [-0.1, -0.05) is 6.07 Å². The summed E-state index contributed by atoms with van der Waals surface area (Å²) in [6, 6.07) is 6.40. The van der Waals surface area contributed by atoms with Crippen LogP contribution in [-0.4, -0.2) is 66.2 Å². The molecule has 1 saturated heterocycles. The number of hydrogen-bond acceptors (Lipinski definition) is 4. The summed E-state index contributed by atoms with van der Waals surface area (Å²) in [5.74, 6) is 0.934. The van der Waals surface area contributed by atoms with Gasteiger partial charge < -0.3 is 19.6 Å². The maximum atomic E-state index is 11.4. The number of benzene rings is 1. The highest BCUT2D eigenvalue weighted by Crippen LogP contribution is 2.18. The Hall–Kier alpha value is -1.59. The highest BCUT2D eigenvalue weighted by atomic mass is 16.5. The molecule has 1 unspecified atom stereocenters. The van der Waals surface area contributed by atoms with Gasteiger partial charge >= 0.3 is 0 Å². The Kier molecular flexibility index (Phi) is 6.63. The van der Waals surface area contributed by atoms with Gasteiger partial charge in [0.1, 0.15) is 18.5 Å². The molecule has 5 nitrogen and oxygen atoms in total. The Morgan fingerprint density at radius 2 is 1.88 bits per heavy atom. The molecule has 1 heterocycles. The Morgan fingerprint density at radius 1 is 1.29 bits per heavy atom. The van der Waals surface area contributed by atoms with E-state index in [0.29, 0.717) is 19.2 Å². The van der Waals surface area contributed by atoms with Gasteiger partial charge in [0.25, 0.3) is 0 Å². The van der Waals surface area contributed by atoms with E-state index in [1.165, 1.54) is 0 Å². The molecule has 0 saturated carbocycles. The molecule has 24 heavy (non-hydrogen) atoms. The Labute approximate surface area is 145 Å². The highest BCUT2D eigenvalue weighted by molar-refractivity contribution is 5.73. The van der Waals surface area contributed by atoms with Crippen molar-refractivity contribution in [2.75, 3.05) is 33.3 Å². The standard InChI is InChI=1S/C19H30N2O3/c1-14-9-15(2)11-19(10-14)24-13-18(23)12-21-7-5-17(6-8-21)20(4)16(3)22/h9-11,17-18,23H,5-8,12-13H2,1-4H3. The van der Waals surface area contributed by atoms with Gasteiger partial charge in [-0.05, 0) is 49.9 Å². The number of β-amino-alcohol motifs (C(OH)–C–C–N with tert-alkyl or cyclic N) is 1. The van der Waals surface area contributed by atoms with Crippen LogP contribution < -0.4 is 4.74 Å². The molecule has 1 amide bonds. The molecule has 1 aromatic rings. The predicted molar refractivity (Wildman–Crippen MR) is 95.3 cm³/mol. The number of hydrogen-bond donors (Lipinski definition) is 1. The fourth-order valence-corrected chi connectivity index (χ4v) is 3.31. The summed E-state index contributed by atoms with van der Waals surface area (Å²) >= 11 is 0. The van der Waals surface area contributed by atoms with Gasteiger partial charge in [0.15, 0.2) is 0 Å². The Morgan fingerprint density at radius 3 is 2.42 bits per heavy atom. The number of rotatable bonds is 6. The average molecular weight is 334 g/mol. The van der Waals surface area contributed by atoms with E-state index in [0.717, 1.165) is 42.8 Å². The monoisotopic (exact) mass is 334 g/mol. The minimum Gasteiger partial charge on any atom is -0.491 e. The van der Waals surface area contributed by atoms with Crippen LogP contribution in [0.1, 0.15) is 30.9 Å². The number of ether oxygens (including phenoxy) is 1. The quantitative estimate of drug-likeness (QED) is 0.864. The van der Waals surface area contributed by atoms with E-state index in [-0.39, 0.29) is 5.91 Å². The molecule has 1 aliphatic heterocycles. The van der Waals surface area contributed by atoms with Crippen molar-refractivity contribution < 1.29 is 14.6 Å². The van der Waals surface area contributed by atoms with Crippen molar-refractivity contribution in [3.63, 3.8) is 0 Å². The van der Waals surface area contributed by atoms with Crippen LogP contribution in [-0.2, 0) is 4.79 Å². The molecule has 0 spiro atoms. The van der Waals surface area contributed by atoms with Crippen LogP contribution in [0, 0.1) is 13.8 Å². The van der Waals surface area contributed by atoms with Gasteiger partial charge in [-0.15, -0.1) is 0 Å². The number of aliphatic hydroxyl groups is 1. The number of carbonyl (C=O) groups is 1. The lowest BCUT2D eigenvalue weighted by Crippen LogP contribution is -2.47. The summed E-state index contributed by atoms with van der Waals surface area (Å²) in [5.41, 5.74) is 2.33. The first-order valence-electron chi connectivity index (χ1n) is 8.70. The van der Waals surface area contributed by atoms with Crippen molar-refractivity contribution in [2.24, 2.45) is 0 Å². The van der Waals surface area contributed by atoms with E-state index in [1.54, 1.807) is 6.92 Å². The molecule has 1 aliphatic rings. The minimum absolute atomic E-state index is 0.121. The first kappa shape index (κ1) is 18.7. The molecule has 1 atom stereocenters. The smallest absolute Gasteiger partial charge is 0.219 e. The van der Waals surface area contributed by atoms with Crippen molar-refractivity contribution >= 4 is 5.91 Å². The van der Waals surface area contributed by atoms with Crippen LogP contribution in [0.5, 0.6) is 5.75 Å². The van der Waals surface area contributed by atoms with Crippen molar-refractivity contribution in [1.82, 2.24) is 9.80 Å². The maximum Gasteiger partial charge on any atom is 0.219 e. The van der Waals surface area contributed by atoms with Crippen LogP contribution in [0.4, 0.5) is 0 Å². The number of carbonyl (C=O) groups excluding carboxylic acids is 1. The van der Waals surface area contributed by atoms with Gasteiger partial charge in [0.05, 0.1) is 0 Å². The van der Waals surface area contributed by atoms with Gasteiger partial charge in [-0.3, -0.25) is 4.79 Å². The zero-order valence-corrected chi connectivity index (χ0v) is 15.3. The summed E-state index contributed by atoms with van der Waals surface area (Å²) in [7, 11) is 1.87. The fraction of sp³-hybridized carbons (Fsp3) is 0.632. The van der Waals surface area contributed by atoms with Crippen LogP contribution in [0.15, 0.2) is 18.2 Å². The van der Waals surface area contributed by atoms with Gasteiger partial charge in [0, 0.05) is 39.6 Å². The molecule has 0 aromatic heterocycles. The molecular formula is C19H30N2O3. The van der Waals surface area contributed by atoms with Crippen molar-refractivity contribution in [3.05, 3.63) is 29.3 Å². The zero-order valence-electron chi connectivity index (χ0n) is 15.3. The van der Waals surface area contributed by atoms with Gasteiger partial charge in [-0.25, -0.2) is 0 Å². The number of likely N-dealkylation sites (tertiary alicyclic amines) is 1. The molecule has 1 N–H and O–H groups in total. The molecule has 1 fully saturated rings. The molecule has 1 aromatic carbocycles. The van der Waals surface area contributed by atoms with Crippen LogP contribution in [0.2, 0.25) is 0 Å². The average Bonchev–Trinajstić information content (AvgIpc) is 2.52. The topological polar surface area (TPSA) is 53.0 Å². The Bertz CT molecular complexity index is 533. The molecule has 0 aliphatic carbocycles. The first-order valence-corrected chi connectivity index (χ1v) is 8.70. The number of aliphatic hydroxyl groups excluding tert-OH is 1. The molecule has 5 heteroatoms. The predicted octanol–water partition coefficient (Wildman–Crippen LogP) is 1.99. The largest absolute Gasteiger partial charge is 0.491 e. The molecule has 0 radical (unpaired) electrons. The third-order valence-corrected chi connectivity index (χ3v) is 4.71. The van der Waals surface area contributed by atoms with E-state index >= 15 is 0 Å². The van der Waals surface area contributed by atoms with Crippen molar-refractivity contribution in [2.45, 2.75) is 45.8 Å². The SMILES string of the molecule is CC(=O)N(C)C1CCN(CC(O)COc2cc(C)cc(C)c2)CC1. The maximum absolute atomic E-state index is 11.4. The molecule has 134 valence electrons. The minimum atomic E-state index is -0.507. The third kappa shape index (κ3) is 5.49. The van der Waals surface area contributed by atoms with E-state index in [2.05, 4.69) is 11.0 Å². The normalized spacial score (nSPS) is 17.5. The number of piperidine rings is 1. The summed E-state index contributed by atoms with van der Waals surface area (Å²) < 4.78 is 5.73. The third-order valence-electron chi connectivity index (χ3n) is 4.71. The zero-order chi connectivity index (χ0) is 17.7. The number of nitrogens with zero attached hydrogens (tertiary/aromatic N) is 2. The molecule has 0 bridgehead atoms. The second-order valence-electron chi connectivity index (χ2n) is 6.95. The lowest BCUT2D eigenvalue weighted by molar-refractivity contribution is -0.130. The summed E-state index contributed by atoms with van der Waals surface area (Å²) in [6.07, 6.45) is 1.41. The lowest BCUT2D eigenvalue weighted by Gasteiger charge is -2.37. The summed E-state index contributed by atoms with van der Waals surface area (Å²) in [4.78, 5) is 15.5. The van der Waals surface area contributed by atoms with Crippen LogP contribution >= 0.6 is 0 Å². The molecular weight excluding hydrogens is 304 g/mol. The molecule has 2 rings (SSSR count). The van der Waals surface area contributed by atoms with Gasteiger partial charge in [0.2, 0.25) is 5.91 Å². The first-order chi connectivity index (χ1) is 11.3. The summed E-state index contributed by atoms with van der Waals surface area (Å²) in [6.45, 7) is 8.42. The highest BCUT2D eigenvalue weighted by Gasteiger charge is 2.24. The van der Waals surface area contributed by atoms with Crippen LogP contribution in [0.25, 0.3) is 0 Å². The van der Waals surface area contributed by atoms with E-state index in [1.807, 2.05) is 37.9 Å². The number of amides is 1. The van der Waals surface area contributed by atoms with Gasteiger partial charge in [-0.2, -0.15) is 0 Å². The second kappa shape index (κ2) is 8.49. The second-order valence-corrected chi connectivity index (χ2v) is 6.95. The Balaban J connectivity index is 1.73. The number of aryl methyl sites for hydroxylation is 2.